The lowest BCUT2D eigenvalue weighted by Crippen LogP contribution is -2.35. The lowest BCUT2D eigenvalue weighted by Gasteiger charge is -2.19. The maximum Gasteiger partial charge on any atom is 0.234 e. The molecule has 0 aliphatic heterocycles. The van der Waals surface area contributed by atoms with Gasteiger partial charge >= 0.3 is 0 Å². The molecule has 3 unspecified atom stereocenters. The molecule has 1 aliphatic rings. The fourth-order valence-electron chi connectivity index (χ4n) is 2.16. The number of benzene rings is 1. The van der Waals surface area contributed by atoms with Crippen molar-refractivity contribution in [3.8, 4) is 0 Å². The van der Waals surface area contributed by atoms with Gasteiger partial charge in [-0.15, -0.1) is 0 Å². The first-order valence-electron chi connectivity index (χ1n) is 5.86. The SMILES string of the molecule is CC1CC1C(NC(=O)CN)c1ccc(Cl)cc1. The smallest absolute Gasteiger partial charge is 0.234 e. The second kappa shape index (κ2) is 5.07. The predicted molar refractivity (Wildman–Crippen MR) is 68.7 cm³/mol. The number of carbonyl (C=O) groups excluding carboxylic acids is 1. The molecule has 0 bridgehead atoms. The van der Waals surface area contributed by atoms with Crippen molar-refractivity contribution in [1.82, 2.24) is 5.32 Å². The molecule has 1 aliphatic carbocycles. The van der Waals surface area contributed by atoms with Crippen LogP contribution in [0.3, 0.4) is 0 Å². The Labute approximate surface area is 106 Å². The molecular weight excluding hydrogens is 236 g/mol. The highest BCUT2D eigenvalue weighted by Gasteiger charge is 2.40. The van der Waals surface area contributed by atoms with Crippen LogP contribution < -0.4 is 11.1 Å². The van der Waals surface area contributed by atoms with E-state index in [2.05, 4.69) is 12.2 Å². The molecule has 3 N–H and O–H groups in total. The van der Waals surface area contributed by atoms with Gasteiger partial charge in [0.2, 0.25) is 5.91 Å². The Balaban J connectivity index is 2.15. The highest BCUT2D eigenvalue weighted by Crippen LogP contribution is 2.46. The van der Waals surface area contributed by atoms with E-state index in [9.17, 15) is 4.79 Å². The van der Waals surface area contributed by atoms with Crippen molar-refractivity contribution in [3.05, 3.63) is 34.9 Å². The van der Waals surface area contributed by atoms with Crippen LogP contribution in [0.2, 0.25) is 5.02 Å². The molecular formula is C13H17ClN2O. The fraction of sp³-hybridized carbons (Fsp3) is 0.462. The van der Waals surface area contributed by atoms with E-state index in [1.54, 1.807) is 0 Å². The van der Waals surface area contributed by atoms with Gasteiger partial charge in [0.15, 0.2) is 0 Å². The monoisotopic (exact) mass is 252 g/mol. The maximum atomic E-state index is 11.4. The van der Waals surface area contributed by atoms with Gasteiger partial charge in [0.05, 0.1) is 12.6 Å². The van der Waals surface area contributed by atoms with E-state index in [-0.39, 0.29) is 18.5 Å². The molecule has 1 amide bonds. The third-order valence-corrected chi connectivity index (χ3v) is 3.58. The van der Waals surface area contributed by atoms with E-state index >= 15 is 0 Å². The summed E-state index contributed by atoms with van der Waals surface area (Å²) in [5.41, 5.74) is 6.45. The van der Waals surface area contributed by atoms with Crippen LogP contribution in [0.15, 0.2) is 24.3 Å². The van der Waals surface area contributed by atoms with Crippen LogP contribution in [0.5, 0.6) is 0 Å². The van der Waals surface area contributed by atoms with Gasteiger partial charge in [-0.3, -0.25) is 4.79 Å². The van der Waals surface area contributed by atoms with Crippen molar-refractivity contribution in [3.63, 3.8) is 0 Å². The van der Waals surface area contributed by atoms with Gasteiger partial charge < -0.3 is 11.1 Å². The second-order valence-electron chi connectivity index (χ2n) is 4.68. The Hall–Kier alpha value is -1.06. The minimum Gasteiger partial charge on any atom is -0.348 e. The third kappa shape index (κ3) is 2.99. The molecule has 0 radical (unpaired) electrons. The molecule has 4 heteroatoms. The van der Waals surface area contributed by atoms with Crippen LogP contribution in [0.1, 0.15) is 24.9 Å². The van der Waals surface area contributed by atoms with Crippen LogP contribution in [0.4, 0.5) is 0 Å². The highest BCUT2D eigenvalue weighted by atomic mass is 35.5. The van der Waals surface area contributed by atoms with Crippen LogP contribution in [-0.4, -0.2) is 12.5 Å². The van der Waals surface area contributed by atoms with E-state index < -0.39 is 0 Å². The van der Waals surface area contributed by atoms with Crippen LogP contribution in [-0.2, 0) is 4.79 Å². The molecule has 1 saturated carbocycles. The predicted octanol–water partition coefficient (Wildman–Crippen LogP) is 2.11. The minimum absolute atomic E-state index is 0.0329. The van der Waals surface area contributed by atoms with Gasteiger partial charge in [0, 0.05) is 5.02 Å². The molecule has 0 aromatic heterocycles. The maximum absolute atomic E-state index is 11.4. The van der Waals surface area contributed by atoms with E-state index in [1.807, 2.05) is 24.3 Å². The summed E-state index contributed by atoms with van der Waals surface area (Å²) in [4.78, 5) is 11.4. The fourth-order valence-corrected chi connectivity index (χ4v) is 2.28. The van der Waals surface area contributed by atoms with Gasteiger partial charge in [0.25, 0.3) is 0 Å². The van der Waals surface area contributed by atoms with Crippen LogP contribution in [0.25, 0.3) is 0 Å². The summed E-state index contributed by atoms with van der Waals surface area (Å²) in [6.07, 6.45) is 1.15. The van der Waals surface area contributed by atoms with E-state index in [0.717, 1.165) is 12.0 Å². The van der Waals surface area contributed by atoms with E-state index in [1.165, 1.54) is 0 Å². The summed E-state index contributed by atoms with van der Waals surface area (Å²) in [5, 5.41) is 3.70. The highest BCUT2D eigenvalue weighted by molar-refractivity contribution is 6.30. The molecule has 0 saturated heterocycles. The molecule has 1 fully saturated rings. The first-order valence-corrected chi connectivity index (χ1v) is 6.24. The number of nitrogens with one attached hydrogen (secondary N) is 1. The molecule has 3 atom stereocenters. The van der Waals surface area contributed by atoms with Crippen molar-refractivity contribution in [2.24, 2.45) is 17.6 Å². The topological polar surface area (TPSA) is 55.1 Å². The molecule has 2 rings (SSSR count). The largest absolute Gasteiger partial charge is 0.348 e. The van der Waals surface area contributed by atoms with Crippen molar-refractivity contribution < 1.29 is 4.79 Å². The standard InChI is InChI=1S/C13H17ClN2O/c1-8-6-11(8)13(16-12(17)7-15)9-2-4-10(14)5-3-9/h2-5,8,11,13H,6-7,15H2,1H3,(H,16,17). The summed E-state index contributed by atoms with van der Waals surface area (Å²) in [7, 11) is 0. The summed E-state index contributed by atoms with van der Waals surface area (Å²) >= 11 is 5.87. The van der Waals surface area contributed by atoms with Crippen molar-refractivity contribution in [2.75, 3.05) is 6.54 Å². The molecule has 1 aromatic carbocycles. The van der Waals surface area contributed by atoms with Crippen LogP contribution in [0, 0.1) is 11.8 Å². The third-order valence-electron chi connectivity index (χ3n) is 3.33. The van der Waals surface area contributed by atoms with Gasteiger partial charge in [-0.2, -0.15) is 0 Å². The van der Waals surface area contributed by atoms with Gasteiger partial charge in [-0.05, 0) is 36.0 Å². The Morgan fingerprint density at radius 1 is 1.53 bits per heavy atom. The van der Waals surface area contributed by atoms with Crippen molar-refractivity contribution in [1.29, 1.82) is 0 Å². The molecule has 17 heavy (non-hydrogen) atoms. The number of hydrogen-bond donors (Lipinski definition) is 2. The number of rotatable bonds is 4. The van der Waals surface area contributed by atoms with E-state index in [0.29, 0.717) is 16.9 Å². The average Bonchev–Trinajstić information content (AvgIpc) is 3.04. The quantitative estimate of drug-likeness (QED) is 0.862. The van der Waals surface area contributed by atoms with Crippen molar-refractivity contribution >= 4 is 17.5 Å². The zero-order valence-electron chi connectivity index (χ0n) is 9.82. The zero-order chi connectivity index (χ0) is 12.4. The zero-order valence-corrected chi connectivity index (χ0v) is 10.6. The minimum atomic E-state index is -0.107. The number of nitrogens with two attached hydrogens (primary N) is 1. The lowest BCUT2D eigenvalue weighted by atomic mass is 10.0. The summed E-state index contributed by atoms with van der Waals surface area (Å²) in [6, 6.07) is 7.71. The summed E-state index contributed by atoms with van der Waals surface area (Å²) < 4.78 is 0. The van der Waals surface area contributed by atoms with Crippen molar-refractivity contribution in [2.45, 2.75) is 19.4 Å². The van der Waals surface area contributed by atoms with Gasteiger partial charge in [-0.25, -0.2) is 0 Å². The summed E-state index contributed by atoms with van der Waals surface area (Å²) in [6.45, 7) is 2.23. The first kappa shape index (κ1) is 12.4. The van der Waals surface area contributed by atoms with E-state index in [4.69, 9.17) is 17.3 Å². The Morgan fingerprint density at radius 3 is 2.59 bits per heavy atom. The number of amides is 1. The van der Waals surface area contributed by atoms with Crippen LogP contribution >= 0.6 is 11.6 Å². The van der Waals surface area contributed by atoms with Gasteiger partial charge in [-0.1, -0.05) is 30.7 Å². The lowest BCUT2D eigenvalue weighted by molar-refractivity contribution is -0.120. The molecule has 0 heterocycles. The molecule has 0 spiro atoms. The number of carbonyl (C=O) groups is 1. The first-order chi connectivity index (χ1) is 8.11. The normalized spacial score (nSPS) is 24.2. The second-order valence-corrected chi connectivity index (χ2v) is 5.11. The average molecular weight is 253 g/mol. The Morgan fingerprint density at radius 2 is 2.12 bits per heavy atom. The van der Waals surface area contributed by atoms with Gasteiger partial charge in [0.1, 0.15) is 0 Å². The summed E-state index contributed by atoms with van der Waals surface area (Å²) in [5.74, 6) is 1.07. The number of hydrogen-bond acceptors (Lipinski definition) is 2. The molecule has 1 aromatic rings. The Bertz CT molecular complexity index is 404. The molecule has 3 nitrogen and oxygen atoms in total. The Kier molecular flexibility index (Phi) is 3.69. The molecule has 92 valence electrons. The number of halogens is 1.